The Morgan fingerprint density at radius 1 is 1.32 bits per heavy atom. The SMILES string of the molecule is OCCCSCCNc1cc(C(F)(F)F)cc(Cl)n1. The van der Waals surface area contributed by atoms with Crippen LogP contribution in [0.25, 0.3) is 0 Å². The highest BCUT2D eigenvalue weighted by Crippen LogP contribution is 2.31. The number of rotatable bonds is 7. The summed E-state index contributed by atoms with van der Waals surface area (Å²) in [7, 11) is 0. The van der Waals surface area contributed by atoms with E-state index >= 15 is 0 Å². The number of thioether (sulfide) groups is 1. The van der Waals surface area contributed by atoms with Crippen molar-refractivity contribution in [2.24, 2.45) is 0 Å². The van der Waals surface area contributed by atoms with Crippen molar-refractivity contribution in [2.75, 3.05) is 30.0 Å². The topological polar surface area (TPSA) is 45.1 Å². The van der Waals surface area contributed by atoms with Crippen molar-refractivity contribution < 1.29 is 18.3 Å². The van der Waals surface area contributed by atoms with Crippen molar-refractivity contribution in [3.05, 3.63) is 22.8 Å². The fraction of sp³-hybridized carbons (Fsp3) is 0.545. The predicted molar refractivity (Wildman–Crippen MR) is 71.8 cm³/mol. The molecule has 0 radical (unpaired) electrons. The van der Waals surface area contributed by atoms with Gasteiger partial charge in [-0.05, 0) is 24.3 Å². The molecule has 0 bridgehead atoms. The number of halogens is 4. The summed E-state index contributed by atoms with van der Waals surface area (Å²) in [4.78, 5) is 3.79. The van der Waals surface area contributed by atoms with Crippen LogP contribution >= 0.6 is 23.4 Å². The molecule has 1 aromatic heterocycles. The van der Waals surface area contributed by atoms with Gasteiger partial charge in [0.05, 0.1) is 5.56 Å². The van der Waals surface area contributed by atoms with Gasteiger partial charge in [-0.25, -0.2) is 4.98 Å². The van der Waals surface area contributed by atoms with Crippen LogP contribution in [0.5, 0.6) is 0 Å². The Morgan fingerprint density at radius 2 is 2.05 bits per heavy atom. The Bertz CT molecular complexity index is 404. The Labute approximate surface area is 118 Å². The van der Waals surface area contributed by atoms with Gasteiger partial charge in [-0.15, -0.1) is 0 Å². The highest BCUT2D eigenvalue weighted by Gasteiger charge is 2.31. The Balaban J connectivity index is 2.48. The summed E-state index contributed by atoms with van der Waals surface area (Å²) >= 11 is 7.16. The molecule has 0 fully saturated rings. The number of nitrogens with zero attached hydrogens (tertiary/aromatic N) is 1. The maximum absolute atomic E-state index is 12.5. The lowest BCUT2D eigenvalue weighted by molar-refractivity contribution is -0.137. The molecule has 1 heterocycles. The van der Waals surface area contributed by atoms with E-state index in [-0.39, 0.29) is 17.6 Å². The van der Waals surface area contributed by atoms with Gasteiger partial charge in [0.15, 0.2) is 0 Å². The molecular weight excluding hydrogens is 301 g/mol. The van der Waals surface area contributed by atoms with E-state index < -0.39 is 11.7 Å². The molecule has 0 saturated carbocycles. The van der Waals surface area contributed by atoms with E-state index in [9.17, 15) is 13.2 Å². The number of hydrogen-bond acceptors (Lipinski definition) is 4. The molecule has 19 heavy (non-hydrogen) atoms. The van der Waals surface area contributed by atoms with Crippen molar-refractivity contribution in [1.29, 1.82) is 0 Å². The lowest BCUT2D eigenvalue weighted by atomic mass is 10.2. The minimum Gasteiger partial charge on any atom is -0.396 e. The van der Waals surface area contributed by atoms with Crippen molar-refractivity contribution >= 4 is 29.2 Å². The summed E-state index contributed by atoms with van der Waals surface area (Å²) in [5.41, 5.74) is -0.817. The summed E-state index contributed by atoms with van der Waals surface area (Å²) in [6.07, 6.45) is -3.73. The van der Waals surface area contributed by atoms with E-state index in [1.165, 1.54) is 0 Å². The molecule has 0 aliphatic heterocycles. The molecule has 3 nitrogen and oxygen atoms in total. The molecule has 0 spiro atoms. The average molecular weight is 315 g/mol. The molecule has 0 aromatic carbocycles. The first kappa shape index (κ1) is 16.4. The van der Waals surface area contributed by atoms with Gasteiger partial charge in [-0.2, -0.15) is 24.9 Å². The average Bonchev–Trinajstić information content (AvgIpc) is 2.32. The molecule has 0 unspecified atom stereocenters. The third-order valence-corrected chi connectivity index (χ3v) is 3.38. The number of aliphatic hydroxyl groups excluding tert-OH is 1. The maximum Gasteiger partial charge on any atom is 0.416 e. The summed E-state index contributed by atoms with van der Waals surface area (Å²) in [6, 6.07) is 1.73. The summed E-state index contributed by atoms with van der Waals surface area (Å²) in [6.45, 7) is 0.631. The fourth-order valence-electron chi connectivity index (χ4n) is 1.27. The highest BCUT2D eigenvalue weighted by atomic mass is 35.5. The van der Waals surface area contributed by atoms with E-state index in [4.69, 9.17) is 16.7 Å². The standard InChI is InChI=1S/C11H14ClF3N2OS/c12-9-6-8(11(13,14)15)7-10(17-9)16-2-5-19-4-1-3-18/h6-7,18H,1-5H2,(H,16,17). The maximum atomic E-state index is 12.5. The third kappa shape index (κ3) is 6.35. The van der Waals surface area contributed by atoms with E-state index in [1.807, 2.05) is 0 Å². The first-order chi connectivity index (χ1) is 8.93. The van der Waals surface area contributed by atoms with E-state index in [2.05, 4.69) is 10.3 Å². The van der Waals surface area contributed by atoms with Crippen molar-refractivity contribution in [1.82, 2.24) is 4.98 Å². The van der Waals surface area contributed by atoms with Crippen LogP contribution in [0.1, 0.15) is 12.0 Å². The van der Waals surface area contributed by atoms with Gasteiger partial charge in [-0.3, -0.25) is 0 Å². The third-order valence-electron chi connectivity index (χ3n) is 2.12. The molecule has 108 valence electrons. The smallest absolute Gasteiger partial charge is 0.396 e. The second-order valence-electron chi connectivity index (χ2n) is 3.68. The minimum absolute atomic E-state index is 0.114. The fourth-order valence-corrected chi connectivity index (χ4v) is 2.26. The van der Waals surface area contributed by atoms with Gasteiger partial charge in [0.25, 0.3) is 0 Å². The lowest BCUT2D eigenvalue weighted by Crippen LogP contribution is -2.10. The normalized spacial score (nSPS) is 11.6. The Hall–Kier alpha value is -0.660. The number of alkyl halides is 3. The molecule has 0 saturated heterocycles. The molecule has 0 amide bonds. The molecule has 1 aromatic rings. The molecule has 8 heteroatoms. The van der Waals surface area contributed by atoms with Gasteiger partial charge in [0.2, 0.25) is 0 Å². The second kappa shape index (κ2) is 7.81. The van der Waals surface area contributed by atoms with Crippen LogP contribution in [0.3, 0.4) is 0 Å². The molecule has 0 atom stereocenters. The number of aliphatic hydroxyl groups is 1. The molecule has 2 N–H and O–H groups in total. The van der Waals surface area contributed by atoms with Gasteiger partial charge >= 0.3 is 6.18 Å². The van der Waals surface area contributed by atoms with Crippen molar-refractivity contribution in [2.45, 2.75) is 12.6 Å². The van der Waals surface area contributed by atoms with Crippen LogP contribution in [0, 0.1) is 0 Å². The number of nitrogens with one attached hydrogen (secondary N) is 1. The highest BCUT2D eigenvalue weighted by molar-refractivity contribution is 7.99. The van der Waals surface area contributed by atoms with Crippen LogP contribution in [0.4, 0.5) is 19.0 Å². The van der Waals surface area contributed by atoms with Crippen molar-refractivity contribution in [3.8, 4) is 0 Å². The zero-order chi connectivity index (χ0) is 14.3. The molecule has 0 aliphatic carbocycles. The number of hydrogen-bond donors (Lipinski definition) is 2. The van der Waals surface area contributed by atoms with Crippen LogP contribution in [-0.2, 0) is 6.18 Å². The largest absolute Gasteiger partial charge is 0.416 e. The lowest BCUT2D eigenvalue weighted by Gasteiger charge is -2.10. The number of pyridine rings is 1. The zero-order valence-corrected chi connectivity index (χ0v) is 11.6. The number of anilines is 1. The summed E-state index contributed by atoms with van der Waals surface area (Å²) < 4.78 is 37.6. The van der Waals surface area contributed by atoms with Crippen LogP contribution in [-0.4, -0.2) is 34.7 Å². The minimum atomic E-state index is -4.43. The van der Waals surface area contributed by atoms with E-state index in [1.54, 1.807) is 11.8 Å². The molecule has 1 rings (SSSR count). The van der Waals surface area contributed by atoms with Crippen LogP contribution in [0.2, 0.25) is 5.15 Å². The van der Waals surface area contributed by atoms with Crippen LogP contribution in [0.15, 0.2) is 12.1 Å². The molecular formula is C11H14ClF3N2OS. The van der Waals surface area contributed by atoms with Gasteiger partial charge in [-0.1, -0.05) is 11.6 Å². The zero-order valence-electron chi connectivity index (χ0n) is 10.0. The summed E-state index contributed by atoms with van der Waals surface area (Å²) in [5.74, 6) is 1.65. The predicted octanol–water partition coefficient (Wildman–Crippen LogP) is 3.28. The second-order valence-corrected chi connectivity index (χ2v) is 5.29. The molecule has 0 aliphatic rings. The Morgan fingerprint density at radius 3 is 2.68 bits per heavy atom. The first-order valence-corrected chi connectivity index (χ1v) is 7.14. The van der Waals surface area contributed by atoms with Gasteiger partial charge in [0, 0.05) is 18.9 Å². The quantitative estimate of drug-likeness (QED) is 0.599. The number of aromatic nitrogens is 1. The first-order valence-electron chi connectivity index (χ1n) is 5.60. The monoisotopic (exact) mass is 314 g/mol. The van der Waals surface area contributed by atoms with E-state index in [0.717, 1.165) is 23.6 Å². The van der Waals surface area contributed by atoms with Gasteiger partial charge in [0.1, 0.15) is 11.0 Å². The Kier molecular flexibility index (Phi) is 6.74. The van der Waals surface area contributed by atoms with E-state index in [0.29, 0.717) is 13.0 Å². The van der Waals surface area contributed by atoms with Crippen LogP contribution < -0.4 is 5.32 Å². The summed E-state index contributed by atoms with van der Waals surface area (Å²) in [5, 5.41) is 11.2. The van der Waals surface area contributed by atoms with Crippen molar-refractivity contribution in [3.63, 3.8) is 0 Å². The van der Waals surface area contributed by atoms with Gasteiger partial charge < -0.3 is 10.4 Å².